The highest BCUT2D eigenvalue weighted by Gasteiger charge is 2.44. The van der Waals surface area contributed by atoms with Crippen molar-refractivity contribution >= 4 is 23.5 Å². The first-order chi connectivity index (χ1) is 19.6. The van der Waals surface area contributed by atoms with Crippen LogP contribution in [0.3, 0.4) is 0 Å². The quantitative estimate of drug-likeness (QED) is 0.445. The topological polar surface area (TPSA) is 108 Å². The summed E-state index contributed by atoms with van der Waals surface area (Å²) in [7, 11) is 0. The number of aromatic nitrogens is 1. The van der Waals surface area contributed by atoms with Gasteiger partial charge in [0.25, 0.3) is 5.91 Å². The number of nitrogens with zero attached hydrogens (tertiary/aromatic N) is 2. The summed E-state index contributed by atoms with van der Waals surface area (Å²) in [5, 5.41) is 5.28. The summed E-state index contributed by atoms with van der Waals surface area (Å²) >= 11 is 0. The maximum atomic E-state index is 13.5. The third-order valence-electron chi connectivity index (χ3n) is 7.92. The fraction of sp³-hybridized carbons (Fsp3) is 0.500. The van der Waals surface area contributed by atoms with Gasteiger partial charge in [0, 0.05) is 25.1 Å². The molecule has 0 bridgehead atoms. The molecular weight excluding hydrogens is 537 g/mol. The molecule has 1 aliphatic heterocycles. The van der Waals surface area contributed by atoms with E-state index in [1.54, 1.807) is 48.7 Å². The van der Waals surface area contributed by atoms with E-state index in [0.29, 0.717) is 31.5 Å². The van der Waals surface area contributed by atoms with Crippen LogP contribution >= 0.6 is 0 Å². The average Bonchev–Trinajstić information content (AvgIpc) is 2.99. The van der Waals surface area contributed by atoms with Crippen LogP contribution < -0.4 is 10.6 Å². The van der Waals surface area contributed by atoms with E-state index in [4.69, 9.17) is 0 Å². The second-order valence-electron chi connectivity index (χ2n) is 10.8. The highest BCUT2D eigenvalue weighted by atomic mass is 19.4. The van der Waals surface area contributed by atoms with Gasteiger partial charge in [-0.05, 0) is 62.6 Å². The number of Topliss-reactive ketones (excluding diaryl/α,β-unsaturated/α-hetero) is 1. The second-order valence-corrected chi connectivity index (χ2v) is 10.8. The molecule has 3 amide bonds. The minimum atomic E-state index is -4.27. The number of carbonyl (C=O) groups is 4. The summed E-state index contributed by atoms with van der Waals surface area (Å²) < 4.78 is 39.4. The molecule has 1 aromatic heterocycles. The van der Waals surface area contributed by atoms with Crippen molar-refractivity contribution in [2.75, 3.05) is 6.54 Å². The summed E-state index contributed by atoms with van der Waals surface area (Å²) in [5.41, 5.74) is 1.31. The molecule has 2 N–H and O–H groups in total. The Labute approximate surface area is 237 Å². The molecule has 8 nitrogen and oxygen atoms in total. The fourth-order valence-electron chi connectivity index (χ4n) is 5.62. The largest absolute Gasteiger partial charge is 0.391 e. The first-order valence-electron chi connectivity index (χ1n) is 14.1. The maximum absolute atomic E-state index is 13.5. The Morgan fingerprint density at radius 1 is 0.927 bits per heavy atom. The Morgan fingerprint density at radius 3 is 2.29 bits per heavy atom. The number of halogens is 3. The van der Waals surface area contributed by atoms with Crippen LogP contribution in [0.25, 0.3) is 0 Å². The number of benzene rings is 1. The lowest BCUT2D eigenvalue weighted by molar-refractivity contribution is -0.185. The van der Waals surface area contributed by atoms with Gasteiger partial charge in [-0.15, -0.1) is 0 Å². The van der Waals surface area contributed by atoms with Gasteiger partial charge in [0.05, 0.1) is 18.2 Å². The predicted octanol–water partition coefficient (Wildman–Crippen LogP) is 3.74. The predicted molar refractivity (Wildman–Crippen MR) is 144 cm³/mol. The Bertz CT molecular complexity index is 1200. The van der Waals surface area contributed by atoms with Crippen LogP contribution in [0.15, 0.2) is 54.7 Å². The van der Waals surface area contributed by atoms with Crippen LogP contribution in [0.2, 0.25) is 0 Å². The van der Waals surface area contributed by atoms with Crippen LogP contribution in [0.1, 0.15) is 56.2 Å². The molecule has 220 valence electrons. The Balaban J connectivity index is 1.44. The zero-order chi connectivity index (χ0) is 29.4. The van der Waals surface area contributed by atoms with Crippen LogP contribution in [-0.2, 0) is 32.1 Å². The monoisotopic (exact) mass is 572 g/mol. The Morgan fingerprint density at radius 2 is 1.63 bits per heavy atom. The molecule has 0 radical (unpaired) electrons. The zero-order valence-corrected chi connectivity index (χ0v) is 22.7. The number of nitrogens with one attached hydrogen (secondary N) is 2. The number of carbonyl (C=O) groups excluding carboxylic acids is 4. The molecule has 2 heterocycles. The van der Waals surface area contributed by atoms with Gasteiger partial charge in [0.15, 0.2) is 0 Å². The average molecular weight is 573 g/mol. The number of rotatable bonds is 9. The molecule has 2 fully saturated rings. The van der Waals surface area contributed by atoms with Crippen LogP contribution in [0, 0.1) is 11.8 Å². The zero-order valence-electron chi connectivity index (χ0n) is 22.7. The van der Waals surface area contributed by atoms with Crippen molar-refractivity contribution in [3.05, 3.63) is 66.0 Å². The highest BCUT2D eigenvalue weighted by Crippen LogP contribution is 2.40. The van der Waals surface area contributed by atoms with Gasteiger partial charge in [-0.3, -0.25) is 24.2 Å². The molecule has 1 aromatic carbocycles. The molecule has 1 saturated heterocycles. The van der Waals surface area contributed by atoms with Crippen molar-refractivity contribution in [1.29, 1.82) is 0 Å². The van der Waals surface area contributed by atoms with Crippen LogP contribution in [-0.4, -0.2) is 58.2 Å². The first-order valence-corrected chi connectivity index (χ1v) is 14.1. The van der Waals surface area contributed by atoms with Crippen molar-refractivity contribution in [2.24, 2.45) is 11.8 Å². The minimum Gasteiger partial charge on any atom is -0.344 e. The van der Waals surface area contributed by atoms with Crippen molar-refractivity contribution < 1.29 is 32.3 Å². The number of likely N-dealkylation sites (tertiary alicyclic amines) is 1. The third kappa shape index (κ3) is 8.14. The number of hydrogen-bond acceptors (Lipinski definition) is 5. The highest BCUT2D eigenvalue weighted by molar-refractivity contribution is 6.38. The number of amides is 3. The summed E-state index contributed by atoms with van der Waals surface area (Å²) in [4.78, 5) is 58.6. The first kappa shape index (κ1) is 30.2. The summed E-state index contributed by atoms with van der Waals surface area (Å²) in [5.74, 6) is -4.52. The molecule has 2 atom stereocenters. The van der Waals surface area contributed by atoms with E-state index in [1.165, 1.54) is 4.90 Å². The fourth-order valence-corrected chi connectivity index (χ4v) is 5.62. The van der Waals surface area contributed by atoms with E-state index in [2.05, 4.69) is 15.6 Å². The molecular formula is C30H35F3N4O4. The minimum absolute atomic E-state index is 0.0406. The van der Waals surface area contributed by atoms with E-state index in [9.17, 15) is 32.3 Å². The Hall–Kier alpha value is -3.76. The van der Waals surface area contributed by atoms with E-state index < -0.39 is 47.7 Å². The number of piperidine rings is 1. The van der Waals surface area contributed by atoms with E-state index in [-0.39, 0.29) is 44.6 Å². The normalized spacial score (nSPS) is 21.9. The second kappa shape index (κ2) is 13.7. The van der Waals surface area contributed by atoms with Crippen molar-refractivity contribution in [3.8, 4) is 0 Å². The van der Waals surface area contributed by atoms with Gasteiger partial charge in [0.2, 0.25) is 17.6 Å². The molecule has 4 rings (SSSR count). The van der Waals surface area contributed by atoms with E-state index >= 15 is 0 Å². The van der Waals surface area contributed by atoms with Crippen LogP contribution in [0.4, 0.5) is 13.2 Å². The van der Waals surface area contributed by atoms with Crippen molar-refractivity contribution in [3.63, 3.8) is 0 Å². The number of ketones is 1. The molecule has 1 aliphatic carbocycles. The molecule has 0 spiro atoms. The number of pyridine rings is 1. The van der Waals surface area contributed by atoms with Crippen molar-refractivity contribution in [2.45, 2.75) is 76.2 Å². The van der Waals surface area contributed by atoms with Gasteiger partial charge < -0.3 is 15.5 Å². The molecule has 11 heteroatoms. The summed E-state index contributed by atoms with van der Waals surface area (Å²) in [6.07, 6.45) is -0.859. The van der Waals surface area contributed by atoms with Gasteiger partial charge >= 0.3 is 6.18 Å². The van der Waals surface area contributed by atoms with Gasteiger partial charge in [-0.2, -0.15) is 13.2 Å². The number of alkyl halides is 3. The van der Waals surface area contributed by atoms with Crippen molar-refractivity contribution in [1.82, 2.24) is 20.5 Å². The molecule has 41 heavy (non-hydrogen) atoms. The lowest BCUT2D eigenvalue weighted by Gasteiger charge is -2.39. The lowest BCUT2D eigenvalue weighted by atomic mass is 9.80. The SMILES string of the molecule is O=C(NCc1ccccn1)C(=O)[C@@H](Cc1ccccc1)NC(=O)[C@H]1CCCCN1C(=O)C1CCC(C(F)(F)F)CC1. The standard InChI is InChI=1S/C30H35F3N4O4/c31-30(32,33)22-14-12-21(13-15-22)29(41)37-17-7-5-11-25(37)27(39)36-24(18-20-8-2-1-3-9-20)26(38)28(40)35-19-23-10-4-6-16-34-23/h1-4,6,8-10,16,21-22,24-25H,5,7,11-15,17-19H2,(H,35,40)(H,36,39)/t21?,22?,24-,25-/m1/s1. The van der Waals surface area contributed by atoms with E-state index in [0.717, 1.165) is 5.56 Å². The van der Waals surface area contributed by atoms with Crippen LogP contribution in [0.5, 0.6) is 0 Å². The third-order valence-corrected chi connectivity index (χ3v) is 7.92. The summed E-state index contributed by atoms with van der Waals surface area (Å²) in [6, 6.07) is 12.1. The smallest absolute Gasteiger partial charge is 0.344 e. The van der Waals surface area contributed by atoms with E-state index in [1.807, 2.05) is 6.07 Å². The molecule has 2 aromatic rings. The summed E-state index contributed by atoms with van der Waals surface area (Å²) in [6.45, 7) is 0.358. The Kier molecular flexibility index (Phi) is 10.1. The molecule has 2 aliphatic rings. The van der Waals surface area contributed by atoms with Gasteiger partial charge in [-0.1, -0.05) is 36.4 Å². The van der Waals surface area contributed by atoms with Gasteiger partial charge in [-0.25, -0.2) is 0 Å². The molecule has 1 saturated carbocycles. The molecule has 0 unspecified atom stereocenters. The number of hydrogen-bond donors (Lipinski definition) is 2. The van der Waals surface area contributed by atoms with Gasteiger partial charge in [0.1, 0.15) is 12.1 Å². The maximum Gasteiger partial charge on any atom is 0.391 e. The lowest BCUT2D eigenvalue weighted by Crippen LogP contribution is -2.57.